The van der Waals surface area contributed by atoms with Crippen LogP contribution in [0.4, 0.5) is 0 Å². The van der Waals surface area contributed by atoms with E-state index in [0.29, 0.717) is 29.8 Å². The van der Waals surface area contributed by atoms with Crippen molar-refractivity contribution in [3.05, 3.63) is 52.6 Å². The van der Waals surface area contributed by atoms with Crippen molar-refractivity contribution in [3.63, 3.8) is 0 Å². The number of pyridine rings is 1. The number of carbonyl (C=O) groups excluding carboxylic acids is 1. The van der Waals surface area contributed by atoms with E-state index in [1.54, 1.807) is 12.1 Å². The van der Waals surface area contributed by atoms with E-state index in [1.165, 1.54) is 12.6 Å². The summed E-state index contributed by atoms with van der Waals surface area (Å²) in [6, 6.07) is 11.3. The molecule has 0 saturated carbocycles. The maximum atomic E-state index is 12.1. The molecule has 1 unspecified atom stereocenters. The number of benzene rings is 1. The summed E-state index contributed by atoms with van der Waals surface area (Å²) < 4.78 is 6.59. The summed E-state index contributed by atoms with van der Waals surface area (Å²) in [6.45, 7) is 1.68. The zero-order chi connectivity index (χ0) is 16.1. The molecule has 1 aliphatic heterocycles. The van der Waals surface area contributed by atoms with Crippen LogP contribution in [-0.4, -0.2) is 30.0 Å². The number of nitrogens with one attached hydrogen (secondary N) is 2. The van der Waals surface area contributed by atoms with Crippen LogP contribution in [0.25, 0.3) is 0 Å². The lowest BCUT2D eigenvalue weighted by Gasteiger charge is -2.11. The van der Waals surface area contributed by atoms with Crippen molar-refractivity contribution in [2.75, 3.05) is 13.1 Å². The molecular weight excluding hydrogens is 429 g/mol. The lowest BCUT2D eigenvalue weighted by Crippen LogP contribution is -2.37. The van der Waals surface area contributed by atoms with Crippen molar-refractivity contribution in [1.29, 1.82) is 0 Å². The highest BCUT2D eigenvalue weighted by atomic mass is 79.9. The smallest absolute Gasteiger partial charge is 0.252 e. The molecule has 0 aliphatic carbocycles. The third-order valence-corrected chi connectivity index (χ3v) is 4.18. The Bertz CT molecular complexity index is 680. The molecule has 5 nitrogen and oxygen atoms in total. The molecule has 0 spiro atoms. The van der Waals surface area contributed by atoms with Crippen LogP contribution >= 0.6 is 40.7 Å². The third-order valence-electron chi connectivity index (χ3n) is 3.69. The Kier molecular flexibility index (Phi) is 9.21. The number of hydrogen-bond donors (Lipinski definition) is 2. The van der Waals surface area contributed by atoms with Gasteiger partial charge in [0.2, 0.25) is 5.88 Å². The normalized spacial score (nSPS) is 15.6. The van der Waals surface area contributed by atoms with E-state index >= 15 is 0 Å². The number of hydrogen-bond acceptors (Lipinski definition) is 4. The third kappa shape index (κ3) is 6.47. The number of ether oxygens (including phenoxy) is 1. The van der Waals surface area contributed by atoms with Crippen molar-refractivity contribution < 1.29 is 9.53 Å². The van der Waals surface area contributed by atoms with E-state index in [-0.39, 0.29) is 30.7 Å². The van der Waals surface area contributed by atoms with Crippen LogP contribution in [0.15, 0.2) is 47.1 Å². The van der Waals surface area contributed by atoms with Gasteiger partial charge in [-0.25, -0.2) is 4.98 Å². The van der Waals surface area contributed by atoms with Gasteiger partial charge in [0.05, 0.1) is 5.56 Å². The molecule has 1 atom stereocenters. The minimum Gasteiger partial charge on any atom is -0.439 e. The summed E-state index contributed by atoms with van der Waals surface area (Å²) in [6.07, 6.45) is 3.81. The second kappa shape index (κ2) is 10.6. The van der Waals surface area contributed by atoms with Crippen molar-refractivity contribution in [2.45, 2.75) is 18.9 Å². The van der Waals surface area contributed by atoms with Gasteiger partial charge in [-0.3, -0.25) is 4.79 Å². The number of carbonyl (C=O) groups is 1. The minimum atomic E-state index is -0.111. The van der Waals surface area contributed by atoms with Crippen molar-refractivity contribution in [1.82, 2.24) is 15.6 Å². The second-order valence-corrected chi connectivity index (χ2v) is 6.36. The van der Waals surface area contributed by atoms with Crippen molar-refractivity contribution in [2.24, 2.45) is 0 Å². The Morgan fingerprint density at radius 2 is 2.16 bits per heavy atom. The number of aromatic nitrogens is 1. The average molecular weight is 449 g/mol. The first-order valence-corrected chi connectivity index (χ1v) is 8.41. The van der Waals surface area contributed by atoms with Crippen molar-refractivity contribution in [3.8, 4) is 11.6 Å². The average Bonchev–Trinajstić information content (AvgIpc) is 3.07. The van der Waals surface area contributed by atoms with Crippen LogP contribution in [0.5, 0.6) is 11.6 Å². The van der Waals surface area contributed by atoms with Crippen LogP contribution in [0.3, 0.4) is 0 Å². The largest absolute Gasteiger partial charge is 0.439 e. The maximum Gasteiger partial charge on any atom is 0.252 e. The Morgan fingerprint density at radius 1 is 1.32 bits per heavy atom. The number of rotatable bonds is 5. The van der Waals surface area contributed by atoms with E-state index in [2.05, 4.69) is 31.5 Å². The fourth-order valence-corrected chi connectivity index (χ4v) is 2.85. The molecule has 1 saturated heterocycles. The Labute approximate surface area is 167 Å². The highest BCUT2D eigenvalue weighted by molar-refractivity contribution is 9.10. The predicted octanol–water partition coefficient (Wildman–Crippen LogP) is 3.96. The summed E-state index contributed by atoms with van der Waals surface area (Å²) >= 11 is 3.39. The molecule has 3 rings (SSSR count). The number of nitrogens with zero attached hydrogens (tertiary/aromatic N) is 1. The zero-order valence-electron chi connectivity index (χ0n) is 13.4. The fraction of sp³-hybridized carbons (Fsp3) is 0.294. The van der Waals surface area contributed by atoms with E-state index < -0.39 is 0 Å². The van der Waals surface area contributed by atoms with Crippen LogP contribution in [0.1, 0.15) is 23.2 Å². The Morgan fingerprint density at radius 3 is 2.80 bits per heavy atom. The molecule has 2 aromatic rings. The molecule has 0 bridgehead atoms. The van der Waals surface area contributed by atoms with Crippen LogP contribution < -0.4 is 15.4 Å². The summed E-state index contributed by atoms with van der Waals surface area (Å²) in [7, 11) is 0. The van der Waals surface area contributed by atoms with Gasteiger partial charge in [-0.05, 0) is 43.7 Å². The summed E-state index contributed by atoms with van der Waals surface area (Å²) in [5.41, 5.74) is 0.532. The molecule has 136 valence electrons. The first kappa shape index (κ1) is 21.7. The van der Waals surface area contributed by atoms with Gasteiger partial charge in [-0.1, -0.05) is 22.0 Å². The summed E-state index contributed by atoms with van der Waals surface area (Å²) in [5, 5.41) is 6.28. The van der Waals surface area contributed by atoms with E-state index in [9.17, 15) is 4.79 Å². The number of amides is 1. The van der Waals surface area contributed by atoms with Gasteiger partial charge in [0, 0.05) is 29.3 Å². The molecule has 0 radical (unpaired) electrons. The molecule has 1 aromatic carbocycles. The molecule has 2 heterocycles. The first-order valence-electron chi connectivity index (χ1n) is 7.62. The highest BCUT2D eigenvalue weighted by Crippen LogP contribution is 2.22. The van der Waals surface area contributed by atoms with E-state index in [1.807, 2.05) is 24.3 Å². The molecule has 2 N–H and O–H groups in total. The highest BCUT2D eigenvalue weighted by Gasteiger charge is 2.15. The van der Waals surface area contributed by atoms with Gasteiger partial charge in [0.1, 0.15) is 5.75 Å². The minimum absolute atomic E-state index is 0. The lowest BCUT2D eigenvalue weighted by molar-refractivity contribution is 0.0950. The Hall–Kier alpha value is -1.34. The van der Waals surface area contributed by atoms with Gasteiger partial charge in [-0.15, -0.1) is 24.8 Å². The first-order chi connectivity index (χ1) is 11.2. The van der Waals surface area contributed by atoms with Crippen LogP contribution in [0, 0.1) is 0 Å². The van der Waals surface area contributed by atoms with E-state index in [0.717, 1.165) is 17.4 Å². The monoisotopic (exact) mass is 447 g/mol. The lowest BCUT2D eigenvalue weighted by atomic mass is 10.2. The van der Waals surface area contributed by atoms with Crippen molar-refractivity contribution >= 4 is 46.7 Å². The summed E-state index contributed by atoms with van der Waals surface area (Å²) in [4.78, 5) is 16.3. The Balaban J connectivity index is 0.00000156. The fourth-order valence-electron chi connectivity index (χ4n) is 2.48. The second-order valence-electron chi connectivity index (χ2n) is 5.45. The van der Waals surface area contributed by atoms with Crippen LogP contribution in [0.2, 0.25) is 0 Å². The maximum absolute atomic E-state index is 12.1. The summed E-state index contributed by atoms with van der Waals surface area (Å²) in [5.74, 6) is 1.04. The molecule has 1 fully saturated rings. The van der Waals surface area contributed by atoms with Gasteiger partial charge in [0.25, 0.3) is 5.91 Å². The molecule has 1 amide bonds. The molecular formula is C17H20BrCl2N3O2. The molecule has 1 aliphatic rings. The quantitative estimate of drug-likeness (QED) is 0.726. The molecule has 8 heteroatoms. The van der Waals surface area contributed by atoms with Gasteiger partial charge >= 0.3 is 0 Å². The molecule has 25 heavy (non-hydrogen) atoms. The van der Waals surface area contributed by atoms with E-state index in [4.69, 9.17) is 4.74 Å². The predicted molar refractivity (Wildman–Crippen MR) is 106 cm³/mol. The molecule has 1 aromatic heterocycles. The standard InChI is InChI=1S/C17H18BrN3O2.2ClH/c18-13-3-1-5-15(9-13)23-16-7-6-12(10-20-16)17(22)21-11-14-4-2-8-19-14;;/h1,3,5-7,9-10,14,19H,2,4,8,11H2,(H,21,22);2*1H. The van der Waals surface area contributed by atoms with Gasteiger partial charge in [-0.2, -0.15) is 0 Å². The van der Waals surface area contributed by atoms with Crippen LogP contribution in [-0.2, 0) is 0 Å². The number of halogens is 3. The topological polar surface area (TPSA) is 63.2 Å². The SMILES string of the molecule is Cl.Cl.O=C(NCC1CCCN1)c1ccc(Oc2cccc(Br)c2)nc1. The van der Waals surface area contributed by atoms with Gasteiger partial charge < -0.3 is 15.4 Å². The zero-order valence-corrected chi connectivity index (χ0v) is 16.6. The van der Waals surface area contributed by atoms with Gasteiger partial charge in [0.15, 0.2) is 0 Å².